The highest BCUT2D eigenvalue weighted by atomic mass is 16.5. The number of rotatable bonds is 3. The first-order valence-electron chi connectivity index (χ1n) is 8.43. The van der Waals surface area contributed by atoms with E-state index in [1.807, 2.05) is 0 Å². The van der Waals surface area contributed by atoms with Gasteiger partial charge in [-0.15, -0.1) is 0 Å². The van der Waals surface area contributed by atoms with E-state index >= 15 is 0 Å². The van der Waals surface area contributed by atoms with Crippen LogP contribution in [0.4, 0.5) is 5.95 Å². The molecule has 4 rings (SSSR count). The van der Waals surface area contributed by atoms with Crippen LogP contribution in [0.25, 0.3) is 11.1 Å². The van der Waals surface area contributed by atoms with Crippen LogP contribution in [0.3, 0.4) is 0 Å². The molecule has 128 valence electrons. The third-order valence-electron chi connectivity index (χ3n) is 4.62. The van der Waals surface area contributed by atoms with Crippen LogP contribution in [0.1, 0.15) is 25.7 Å². The number of hydrogen-bond donors (Lipinski definition) is 0. The Morgan fingerprint density at radius 2 is 1.80 bits per heavy atom. The second-order valence-corrected chi connectivity index (χ2v) is 6.16. The van der Waals surface area contributed by atoms with Crippen molar-refractivity contribution in [1.29, 1.82) is 0 Å². The van der Waals surface area contributed by atoms with Gasteiger partial charge in [0.2, 0.25) is 5.95 Å². The summed E-state index contributed by atoms with van der Waals surface area (Å²) in [6.07, 6.45) is 12.2. The summed E-state index contributed by atoms with van der Waals surface area (Å²) in [6.45, 7) is 0. The van der Waals surface area contributed by atoms with Crippen LogP contribution in [0.5, 0.6) is 0 Å². The van der Waals surface area contributed by atoms with Crippen LogP contribution >= 0.6 is 0 Å². The van der Waals surface area contributed by atoms with Crippen molar-refractivity contribution >= 4 is 11.9 Å². The van der Waals surface area contributed by atoms with E-state index in [2.05, 4.69) is 40.3 Å². The van der Waals surface area contributed by atoms with E-state index in [0.29, 0.717) is 5.95 Å². The quantitative estimate of drug-likeness (QED) is 0.418. The summed E-state index contributed by atoms with van der Waals surface area (Å²) in [5, 5.41) is 0. The maximum absolute atomic E-state index is 11.5. The molecule has 5 heteroatoms. The Labute approximate surface area is 148 Å². The molecule has 0 N–H and O–H groups in total. The Balaban J connectivity index is 0.000000250. The molecule has 3 aliphatic carbocycles. The number of methoxy groups -OCH3 is 1. The normalized spacial score (nSPS) is 19.7. The number of carbonyl (C=O) groups is 1. The van der Waals surface area contributed by atoms with Crippen molar-refractivity contribution in [3.8, 4) is 23.6 Å². The van der Waals surface area contributed by atoms with E-state index < -0.39 is 0 Å². The number of aromatic nitrogens is 2. The molecule has 0 aliphatic heterocycles. The first-order valence-corrected chi connectivity index (χ1v) is 8.43. The summed E-state index contributed by atoms with van der Waals surface area (Å²) in [7, 11) is 1.43. The van der Waals surface area contributed by atoms with Gasteiger partial charge in [0.15, 0.2) is 0 Å². The van der Waals surface area contributed by atoms with Crippen LogP contribution in [-0.2, 0) is 9.53 Å². The topological polar surface area (TPSA) is 55.3 Å². The molecule has 1 aromatic rings. The molecule has 1 heterocycles. The fourth-order valence-electron chi connectivity index (χ4n) is 3.15. The minimum absolute atomic E-state index is 0.00225. The Kier molecular flexibility index (Phi) is 5.30. The molecule has 1 fully saturated rings. The van der Waals surface area contributed by atoms with E-state index in [1.54, 1.807) is 23.4 Å². The fourth-order valence-corrected chi connectivity index (χ4v) is 3.15. The molecule has 3 aliphatic rings. The first kappa shape index (κ1) is 17.0. The number of anilines is 1. The number of fused-ring (bicyclic) bond motifs is 1. The molecule has 25 heavy (non-hydrogen) atoms. The number of benzene rings is 1. The molecule has 5 nitrogen and oxygen atoms in total. The average Bonchev–Trinajstić information content (AvgIpc) is 3.28. The Morgan fingerprint density at radius 3 is 2.24 bits per heavy atom. The van der Waals surface area contributed by atoms with Gasteiger partial charge in [-0.2, -0.15) is 0 Å². The smallest absolute Gasteiger partial charge is 0.308 e. The molecule has 0 spiro atoms. The van der Waals surface area contributed by atoms with E-state index in [-0.39, 0.29) is 17.9 Å². The van der Waals surface area contributed by atoms with Crippen molar-refractivity contribution in [2.24, 2.45) is 5.92 Å². The number of nitrogens with zero attached hydrogens (tertiary/aromatic N) is 3. The average molecular weight is 335 g/mol. The van der Waals surface area contributed by atoms with Crippen molar-refractivity contribution in [2.75, 3.05) is 12.0 Å². The standard InChI is InChI=1S/C14H17N3O2.C6H4/c1-3-17(14-15-9-4-10-16-14)12-7-5-11(6-8-12)13(18)19-2;1-2-5-4-6(5)3-1/h1,4,9-12H,5-8H2,2H3;1-4H. The van der Waals surface area contributed by atoms with Crippen LogP contribution < -0.4 is 4.90 Å². The van der Waals surface area contributed by atoms with Gasteiger partial charge in [-0.3, -0.25) is 9.69 Å². The van der Waals surface area contributed by atoms with Gasteiger partial charge in [0.25, 0.3) is 0 Å². The SMILES string of the molecule is C#CN(c1ncccn1)C1CCC(C(=O)OC)CC1.c1cc2cc-2c1. The van der Waals surface area contributed by atoms with Crippen molar-refractivity contribution in [1.82, 2.24) is 9.97 Å². The van der Waals surface area contributed by atoms with E-state index in [0.717, 1.165) is 25.7 Å². The first-order chi connectivity index (χ1) is 12.2. The minimum atomic E-state index is -0.123. The van der Waals surface area contributed by atoms with Crippen molar-refractivity contribution in [3.05, 3.63) is 42.7 Å². The lowest BCUT2D eigenvalue weighted by Crippen LogP contribution is -2.37. The molecule has 1 aromatic heterocycles. The van der Waals surface area contributed by atoms with E-state index in [4.69, 9.17) is 11.2 Å². The molecule has 0 unspecified atom stereocenters. The molecule has 0 aromatic carbocycles. The predicted octanol–water partition coefficient (Wildman–Crippen LogP) is 3.27. The van der Waals surface area contributed by atoms with Crippen LogP contribution in [-0.4, -0.2) is 29.1 Å². The van der Waals surface area contributed by atoms with Gasteiger partial charge in [0.05, 0.1) is 13.0 Å². The molecule has 1 saturated carbocycles. The largest absolute Gasteiger partial charge is 0.469 e. The fraction of sp³-hybridized carbons (Fsp3) is 0.350. The zero-order valence-electron chi connectivity index (χ0n) is 14.3. The molecule has 0 amide bonds. The predicted molar refractivity (Wildman–Crippen MR) is 96.5 cm³/mol. The van der Waals surface area contributed by atoms with Gasteiger partial charge in [0.1, 0.15) is 0 Å². The zero-order valence-corrected chi connectivity index (χ0v) is 14.3. The van der Waals surface area contributed by atoms with Crippen molar-refractivity contribution in [2.45, 2.75) is 31.7 Å². The maximum Gasteiger partial charge on any atom is 0.308 e. The molecule has 0 atom stereocenters. The third kappa shape index (κ3) is 4.16. The summed E-state index contributed by atoms with van der Waals surface area (Å²) in [5.41, 5.74) is 2.85. The minimum Gasteiger partial charge on any atom is -0.469 e. The number of esters is 1. The highest BCUT2D eigenvalue weighted by molar-refractivity contribution is 5.80. The van der Waals surface area contributed by atoms with Crippen molar-refractivity contribution < 1.29 is 9.53 Å². The second-order valence-electron chi connectivity index (χ2n) is 6.16. The Bertz CT molecular complexity index is 745. The molecule has 0 radical (unpaired) electrons. The van der Waals surface area contributed by atoms with Gasteiger partial charge in [-0.25, -0.2) is 9.97 Å². The van der Waals surface area contributed by atoms with Crippen LogP contribution in [0, 0.1) is 18.4 Å². The second kappa shape index (κ2) is 7.80. The van der Waals surface area contributed by atoms with Crippen LogP contribution in [0.15, 0.2) is 42.7 Å². The Hall–Kier alpha value is -2.87. The number of carbonyl (C=O) groups excluding carboxylic acids is 1. The van der Waals surface area contributed by atoms with Crippen molar-refractivity contribution in [3.63, 3.8) is 0 Å². The summed E-state index contributed by atoms with van der Waals surface area (Å²) in [4.78, 5) is 21.6. The summed E-state index contributed by atoms with van der Waals surface area (Å²) < 4.78 is 4.78. The lowest BCUT2D eigenvalue weighted by molar-refractivity contribution is -0.146. The highest BCUT2D eigenvalue weighted by Gasteiger charge is 2.30. The van der Waals surface area contributed by atoms with Gasteiger partial charge < -0.3 is 4.74 Å². The van der Waals surface area contributed by atoms with Gasteiger partial charge in [-0.1, -0.05) is 24.6 Å². The molecule has 0 saturated heterocycles. The number of hydrogen-bond acceptors (Lipinski definition) is 5. The summed E-state index contributed by atoms with van der Waals surface area (Å²) >= 11 is 0. The van der Waals surface area contributed by atoms with Gasteiger partial charge >= 0.3 is 5.97 Å². The van der Waals surface area contributed by atoms with Crippen LogP contribution in [0.2, 0.25) is 0 Å². The summed E-state index contributed by atoms with van der Waals surface area (Å²) in [6, 6.07) is 13.1. The third-order valence-corrected chi connectivity index (χ3v) is 4.62. The highest BCUT2D eigenvalue weighted by Crippen LogP contribution is 2.32. The molecular weight excluding hydrogens is 314 g/mol. The van der Waals surface area contributed by atoms with E-state index in [1.165, 1.54) is 18.2 Å². The monoisotopic (exact) mass is 335 g/mol. The maximum atomic E-state index is 11.5. The number of ether oxygens (including phenoxy) is 1. The molecular formula is C20H21N3O2. The van der Waals surface area contributed by atoms with Gasteiger partial charge in [0, 0.05) is 24.5 Å². The van der Waals surface area contributed by atoms with E-state index in [9.17, 15) is 4.79 Å². The number of terminal acetylenes is 1. The lowest BCUT2D eigenvalue weighted by Gasteiger charge is -2.32. The lowest BCUT2D eigenvalue weighted by atomic mass is 9.85. The molecule has 0 bridgehead atoms. The summed E-state index contributed by atoms with van der Waals surface area (Å²) in [5.74, 6) is 0.422. The van der Waals surface area contributed by atoms with Gasteiger partial charge in [-0.05, 0) is 48.9 Å². The Morgan fingerprint density at radius 1 is 1.16 bits per heavy atom. The zero-order chi connectivity index (χ0) is 17.6.